The first-order chi connectivity index (χ1) is 16.3. The first-order valence-electron chi connectivity index (χ1n) is 10.6. The highest BCUT2D eigenvalue weighted by Gasteiger charge is 2.36. The Morgan fingerprint density at radius 2 is 1.80 bits per heavy atom. The van der Waals surface area contributed by atoms with Crippen molar-refractivity contribution in [3.05, 3.63) is 47.0 Å². The van der Waals surface area contributed by atoms with Crippen LogP contribution in [0.25, 0.3) is 11.1 Å². The smallest absolute Gasteiger partial charge is 0.390 e. The molecule has 2 aromatic carbocycles. The Morgan fingerprint density at radius 3 is 2.34 bits per heavy atom. The van der Waals surface area contributed by atoms with Crippen LogP contribution in [0, 0.1) is 0 Å². The van der Waals surface area contributed by atoms with Crippen LogP contribution in [0.15, 0.2) is 51.3 Å². The summed E-state index contributed by atoms with van der Waals surface area (Å²) < 4.78 is 69.1. The monoisotopic (exact) mass is 529 g/mol. The van der Waals surface area contributed by atoms with Gasteiger partial charge in [0.15, 0.2) is 0 Å². The molecule has 8 nitrogen and oxygen atoms in total. The van der Waals surface area contributed by atoms with Gasteiger partial charge in [0.2, 0.25) is 16.0 Å². The fourth-order valence-electron chi connectivity index (χ4n) is 3.91. The standard InChI is InChI=1S/C22H23ClF3N5O3S/c1-21(32)6-8-31(9-7-21)35(33,34)15-4-2-13(3-5-15)19-16(22(24,25)26)10-14(11-17(19)23)29-20-28-12-18(27)30-20/h2-5,10-11,32H,6-9,12H2,1H3,(H3,27,28,29,30). The molecule has 188 valence electrons. The number of benzene rings is 2. The summed E-state index contributed by atoms with van der Waals surface area (Å²) in [6, 6.07) is 7.29. The molecule has 13 heteroatoms. The zero-order valence-electron chi connectivity index (χ0n) is 18.6. The molecule has 0 amide bonds. The van der Waals surface area contributed by atoms with Gasteiger partial charge in [-0.2, -0.15) is 22.5 Å². The Bertz CT molecular complexity index is 1300. The fourth-order valence-corrected chi connectivity index (χ4v) is 5.68. The van der Waals surface area contributed by atoms with E-state index in [-0.39, 0.29) is 58.2 Å². The fraction of sp³-hybridized carbons (Fsp3) is 0.364. The lowest BCUT2D eigenvalue weighted by molar-refractivity contribution is -0.137. The van der Waals surface area contributed by atoms with Gasteiger partial charge < -0.3 is 16.2 Å². The zero-order valence-corrected chi connectivity index (χ0v) is 20.2. The summed E-state index contributed by atoms with van der Waals surface area (Å²) in [4.78, 5) is 7.82. The maximum Gasteiger partial charge on any atom is 0.417 e. The summed E-state index contributed by atoms with van der Waals surface area (Å²) in [7, 11) is -3.86. The summed E-state index contributed by atoms with van der Waals surface area (Å²) in [5.41, 5.74) is 3.47. The van der Waals surface area contributed by atoms with Gasteiger partial charge in [-0.1, -0.05) is 23.7 Å². The van der Waals surface area contributed by atoms with Gasteiger partial charge in [-0.05, 0) is 49.6 Å². The van der Waals surface area contributed by atoms with E-state index in [4.69, 9.17) is 17.3 Å². The van der Waals surface area contributed by atoms with E-state index >= 15 is 0 Å². The predicted molar refractivity (Wildman–Crippen MR) is 128 cm³/mol. The predicted octanol–water partition coefficient (Wildman–Crippen LogP) is 3.70. The van der Waals surface area contributed by atoms with Crippen LogP contribution in [0.2, 0.25) is 5.02 Å². The van der Waals surface area contributed by atoms with Crippen molar-refractivity contribution in [3.8, 4) is 11.1 Å². The van der Waals surface area contributed by atoms with Gasteiger partial charge in [0.05, 0.1) is 21.1 Å². The van der Waals surface area contributed by atoms with Crippen molar-refractivity contribution in [2.75, 3.05) is 25.0 Å². The van der Waals surface area contributed by atoms with Crippen molar-refractivity contribution < 1.29 is 26.7 Å². The molecule has 2 aromatic rings. The molecule has 2 heterocycles. The molecule has 0 bridgehead atoms. The number of rotatable bonds is 4. The van der Waals surface area contributed by atoms with Gasteiger partial charge in [-0.3, -0.25) is 0 Å². The highest BCUT2D eigenvalue weighted by atomic mass is 35.5. The van der Waals surface area contributed by atoms with Crippen molar-refractivity contribution >= 4 is 39.1 Å². The average Bonchev–Trinajstić information content (AvgIpc) is 3.17. The molecule has 0 aliphatic carbocycles. The van der Waals surface area contributed by atoms with E-state index in [2.05, 4.69) is 15.3 Å². The normalized spacial score (nSPS) is 18.8. The molecule has 0 radical (unpaired) electrons. The van der Waals surface area contributed by atoms with Gasteiger partial charge in [-0.25, -0.2) is 13.4 Å². The van der Waals surface area contributed by atoms with Crippen molar-refractivity contribution in [2.24, 2.45) is 15.7 Å². The SMILES string of the molecule is CC1(O)CCN(S(=O)(=O)c2ccc(-c3c(Cl)cc(NC4=NCC(N)=N4)cc3C(F)(F)F)cc2)CC1. The lowest BCUT2D eigenvalue weighted by Gasteiger charge is -2.35. The number of guanidine groups is 1. The highest BCUT2D eigenvalue weighted by Crippen LogP contribution is 2.43. The Labute approximate surface area is 205 Å². The van der Waals surface area contributed by atoms with Crippen LogP contribution in [-0.4, -0.2) is 54.9 Å². The number of nitrogens with two attached hydrogens (primary N) is 1. The molecule has 4 N–H and O–H groups in total. The van der Waals surface area contributed by atoms with Crippen LogP contribution < -0.4 is 11.1 Å². The van der Waals surface area contributed by atoms with Gasteiger partial charge in [0.1, 0.15) is 12.4 Å². The van der Waals surface area contributed by atoms with Crippen LogP contribution >= 0.6 is 11.6 Å². The third kappa shape index (κ3) is 5.45. The Kier molecular flexibility index (Phi) is 6.60. The van der Waals surface area contributed by atoms with E-state index in [1.165, 1.54) is 34.6 Å². The molecule has 0 unspecified atom stereocenters. The molecule has 1 fully saturated rings. The first kappa shape index (κ1) is 25.4. The Morgan fingerprint density at radius 1 is 1.17 bits per heavy atom. The van der Waals surface area contributed by atoms with Crippen molar-refractivity contribution in [3.63, 3.8) is 0 Å². The number of nitrogens with zero attached hydrogens (tertiary/aromatic N) is 3. The van der Waals surface area contributed by atoms with Crippen molar-refractivity contribution in [1.29, 1.82) is 0 Å². The van der Waals surface area contributed by atoms with Crippen molar-refractivity contribution in [1.82, 2.24) is 4.31 Å². The summed E-state index contributed by atoms with van der Waals surface area (Å²) >= 11 is 6.28. The molecule has 1 saturated heterocycles. The first-order valence-corrected chi connectivity index (χ1v) is 12.5. The summed E-state index contributed by atoms with van der Waals surface area (Å²) in [6.45, 7) is 2.10. The van der Waals surface area contributed by atoms with Gasteiger partial charge in [0.25, 0.3) is 0 Å². The molecule has 0 spiro atoms. The number of aliphatic hydroxyl groups is 1. The number of amidine groups is 1. The number of sulfonamides is 1. The summed E-state index contributed by atoms with van der Waals surface area (Å²) in [5.74, 6) is 0.310. The molecule has 0 atom stereocenters. The molecule has 2 aliphatic heterocycles. The van der Waals surface area contributed by atoms with Crippen LogP contribution in [0.1, 0.15) is 25.3 Å². The lowest BCUT2D eigenvalue weighted by Crippen LogP contribution is -2.45. The zero-order chi connectivity index (χ0) is 25.6. The summed E-state index contributed by atoms with van der Waals surface area (Å²) in [5, 5.41) is 12.6. The van der Waals surface area contributed by atoms with Gasteiger partial charge in [0, 0.05) is 24.3 Å². The number of alkyl halides is 3. The van der Waals surface area contributed by atoms with Crippen molar-refractivity contribution in [2.45, 2.75) is 36.4 Å². The second-order valence-electron chi connectivity index (χ2n) is 8.67. The largest absolute Gasteiger partial charge is 0.417 e. The number of nitrogens with one attached hydrogen (secondary N) is 1. The second-order valence-corrected chi connectivity index (χ2v) is 11.0. The van der Waals surface area contributed by atoms with Crippen LogP contribution in [-0.2, 0) is 16.2 Å². The Balaban J connectivity index is 1.65. The minimum absolute atomic E-state index is 0.0310. The van der Waals surface area contributed by atoms with E-state index in [1.807, 2.05) is 0 Å². The highest BCUT2D eigenvalue weighted by molar-refractivity contribution is 7.89. The van der Waals surface area contributed by atoms with E-state index < -0.39 is 27.4 Å². The number of hydrogen-bond donors (Lipinski definition) is 3. The third-order valence-electron chi connectivity index (χ3n) is 5.87. The molecule has 0 saturated carbocycles. The maximum absolute atomic E-state index is 14.0. The van der Waals surface area contributed by atoms with Crippen LogP contribution in [0.5, 0.6) is 0 Å². The van der Waals surface area contributed by atoms with Gasteiger partial charge in [-0.15, -0.1) is 0 Å². The van der Waals surface area contributed by atoms with Crippen LogP contribution in [0.3, 0.4) is 0 Å². The molecule has 4 rings (SSSR count). The van der Waals surface area contributed by atoms with E-state index in [0.717, 1.165) is 6.07 Å². The molecule has 2 aliphatic rings. The van der Waals surface area contributed by atoms with E-state index in [9.17, 15) is 26.7 Å². The molecular weight excluding hydrogens is 507 g/mol. The average molecular weight is 530 g/mol. The Hall–Kier alpha value is -2.67. The minimum Gasteiger partial charge on any atom is -0.390 e. The van der Waals surface area contributed by atoms with Gasteiger partial charge >= 0.3 is 6.18 Å². The third-order valence-corrected chi connectivity index (χ3v) is 8.08. The number of piperidine rings is 1. The molecule has 35 heavy (non-hydrogen) atoms. The second kappa shape index (κ2) is 9.08. The molecule has 0 aromatic heterocycles. The maximum atomic E-state index is 14.0. The summed E-state index contributed by atoms with van der Waals surface area (Å²) in [6.07, 6.45) is -4.16. The molecular formula is C22H23ClF3N5O3S. The van der Waals surface area contributed by atoms with E-state index in [1.54, 1.807) is 6.92 Å². The topological polar surface area (TPSA) is 120 Å². The minimum atomic E-state index is -4.74. The van der Waals surface area contributed by atoms with Crippen LogP contribution in [0.4, 0.5) is 18.9 Å². The number of aliphatic imine (C=N–C) groups is 2. The number of anilines is 1. The van der Waals surface area contributed by atoms with E-state index in [0.29, 0.717) is 12.8 Å². The number of hydrogen-bond acceptors (Lipinski definition) is 7. The quantitative estimate of drug-likeness (QED) is 0.558. The number of halogens is 4. The lowest BCUT2D eigenvalue weighted by atomic mass is 9.95.